The highest BCUT2D eigenvalue weighted by atomic mass is 32.1. The zero-order valence-electron chi connectivity index (χ0n) is 10.8. The Balaban J connectivity index is 1.80. The van der Waals surface area contributed by atoms with Gasteiger partial charge in [0.15, 0.2) is 0 Å². The molecule has 0 aromatic carbocycles. The van der Waals surface area contributed by atoms with Crippen LogP contribution in [0.1, 0.15) is 10.6 Å². The lowest BCUT2D eigenvalue weighted by Crippen LogP contribution is -2.14. The number of nitrogens with one attached hydrogen (secondary N) is 2. The van der Waals surface area contributed by atoms with E-state index in [1.165, 1.54) is 0 Å². The number of anilines is 1. The second kappa shape index (κ2) is 5.60. The number of amides is 1. The summed E-state index contributed by atoms with van der Waals surface area (Å²) >= 11 is 3.20. The van der Waals surface area contributed by atoms with Gasteiger partial charge in [-0.15, -0.1) is 11.3 Å². The average Bonchev–Trinajstić information content (AvgIpc) is 3.13. The Morgan fingerprint density at radius 1 is 1.40 bits per heavy atom. The molecule has 2 N–H and O–H groups in total. The average molecular weight is 303 g/mol. The minimum Gasteiger partial charge on any atom is -0.322 e. The number of carbonyl (C=O) groups excluding carboxylic acids is 1. The van der Waals surface area contributed by atoms with E-state index in [-0.39, 0.29) is 5.91 Å². The predicted octanol–water partition coefficient (Wildman–Crippen LogP) is 3.69. The van der Waals surface area contributed by atoms with Crippen LogP contribution in [0.25, 0.3) is 11.3 Å². The Bertz CT molecular complexity index is 699. The maximum atomic E-state index is 12.1. The van der Waals surface area contributed by atoms with Crippen molar-refractivity contribution < 1.29 is 4.79 Å². The van der Waals surface area contributed by atoms with Crippen molar-refractivity contribution in [1.29, 1.82) is 0 Å². The summed E-state index contributed by atoms with van der Waals surface area (Å²) in [5, 5.41) is 16.2. The van der Waals surface area contributed by atoms with Crippen molar-refractivity contribution in [2.45, 2.75) is 13.3 Å². The van der Waals surface area contributed by atoms with E-state index in [1.54, 1.807) is 22.7 Å². The summed E-state index contributed by atoms with van der Waals surface area (Å²) in [5.41, 5.74) is 3.45. The number of thiophene rings is 2. The van der Waals surface area contributed by atoms with E-state index in [1.807, 2.05) is 41.3 Å². The molecule has 1 amide bonds. The van der Waals surface area contributed by atoms with Crippen molar-refractivity contribution in [2.75, 3.05) is 5.32 Å². The molecule has 0 bridgehead atoms. The van der Waals surface area contributed by atoms with Gasteiger partial charge in [-0.3, -0.25) is 9.89 Å². The lowest BCUT2D eigenvalue weighted by molar-refractivity contribution is -0.115. The summed E-state index contributed by atoms with van der Waals surface area (Å²) in [5.74, 6) is -0.0200. The molecule has 0 spiro atoms. The first kappa shape index (κ1) is 13.1. The Morgan fingerprint density at radius 2 is 2.30 bits per heavy atom. The Labute approximate surface area is 124 Å². The summed E-state index contributed by atoms with van der Waals surface area (Å²) in [6, 6.07) is 5.91. The van der Waals surface area contributed by atoms with Crippen molar-refractivity contribution in [2.24, 2.45) is 0 Å². The third-order valence-corrected chi connectivity index (χ3v) is 4.48. The van der Waals surface area contributed by atoms with Crippen LogP contribution in [0.15, 0.2) is 34.3 Å². The van der Waals surface area contributed by atoms with Crippen LogP contribution in [0.4, 0.5) is 5.69 Å². The van der Waals surface area contributed by atoms with Gasteiger partial charge in [0.2, 0.25) is 5.91 Å². The molecule has 0 saturated carbocycles. The maximum Gasteiger partial charge on any atom is 0.229 e. The second-order valence-corrected chi connectivity index (χ2v) is 6.20. The smallest absolute Gasteiger partial charge is 0.229 e. The first-order valence-corrected chi connectivity index (χ1v) is 7.96. The zero-order valence-corrected chi connectivity index (χ0v) is 12.5. The number of nitrogens with zero attached hydrogens (tertiary/aromatic N) is 1. The molecule has 3 heterocycles. The SMILES string of the molecule is Cc1[nH]nc(-c2ccsc2)c1NC(=O)Cc1cccs1. The molecule has 3 aromatic rings. The number of aryl methyl sites for hydroxylation is 1. The number of aromatic amines is 1. The fourth-order valence-corrected chi connectivity index (χ4v) is 3.29. The van der Waals surface area contributed by atoms with Crippen LogP contribution in [-0.4, -0.2) is 16.1 Å². The fraction of sp³-hybridized carbons (Fsp3) is 0.143. The molecule has 0 saturated heterocycles. The third kappa shape index (κ3) is 2.66. The van der Waals surface area contributed by atoms with Crippen LogP contribution in [0.3, 0.4) is 0 Å². The third-order valence-electron chi connectivity index (χ3n) is 2.92. The molecule has 0 aliphatic carbocycles. The topological polar surface area (TPSA) is 57.8 Å². The molecule has 0 radical (unpaired) electrons. The molecule has 0 fully saturated rings. The highest BCUT2D eigenvalue weighted by Gasteiger charge is 2.15. The van der Waals surface area contributed by atoms with Crippen LogP contribution in [0.2, 0.25) is 0 Å². The highest BCUT2D eigenvalue weighted by Crippen LogP contribution is 2.30. The summed E-state index contributed by atoms with van der Waals surface area (Å²) in [6.07, 6.45) is 0.394. The molecular weight excluding hydrogens is 290 g/mol. The van der Waals surface area contributed by atoms with Gasteiger partial charge in [-0.05, 0) is 29.8 Å². The Hall–Kier alpha value is -1.92. The monoisotopic (exact) mass is 303 g/mol. The van der Waals surface area contributed by atoms with E-state index in [0.717, 1.165) is 27.5 Å². The number of H-pyrrole nitrogens is 1. The molecule has 102 valence electrons. The molecular formula is C14H13N3OS2. The van der Waals surface area contributed by atoms with Gasteiger partial charge >= 0.3 is 0 Å². The van der Waals surface area contributed by atoms with Gasteiger partial charge in [-0.2, -0.15) is 16.4 Å². The van der Waals surface area contributed by atoms with E-state index >= 15 is 0 Å². The largest absolute Gasteiger partial charge is 0.322 e. The minimum atomic E-state index is -0.0200. The summed E-state index contributed by atoms with van der Waals surface area (Å²) in [6.45, 7) is 1.91. The molecule has 0 aliphatic heterocycles. The number of aromatic nitrogens is 2. The van der Waals surface area contributed by atoms with Crippen LogP contribution in [-0.2, 0) is 11.2 Å². The van der Waals surface area contributed by atoms with Crippen LogP contribution < -0.4 is 5.32 Å². The standard InChI is InChI=1S/C14H13N3OS2/c1-9-13(14(17-16-9)10-4-6-19-8-10)15-12(18)7-11-3-2-5-20-11/h2-6,8H,7H2,1H3,(H,15,18)(H,16,17). The van der Waals surface area contributed by atoms with Gasteiger partial charge in [0, 0.05) is 15.8 Å². The molecule has 4 nitrogen and oxygen atoms in total. The number of rotatable bonds is 4. The van der Waals surface area contributed by atoms with Gasteiger partial charge < -0.3 is 5.32 Å². The molecule has 0 atom stereocenters. The lowest BCUT2D eigenvalue weighted by atomic mass is 10.2. The molecule has 3 rings (SSSR count). The van der Waals surface area contributed by atoms with E-state index in [9.17, 15) is 4.79 Å². The van der Waals surface area contributed by atoms with Gasteiger partial charge in [-0.25, -0.2) is 0 Å². The lowest BCUT2D eigenvalue weighted by Gasteiger charge is -2.05. The molecule has 3 aromatic heterocycles. The quantitative estimate of drug-likeness (QED) is 0.772. The van der Waals surface area contributed by atoms with Crippen molar-refractivity contribution in [3.8, 4) is 11.3 Å². The van der Waals surface area contributed by atoms with Gasteiger partial charge in [0.1, 0.15) is 5.69 Å². The first-order chi connectivity index (χ1) is 9.74. The van der Waals surface area contributed by atoms with E-state index in [0.29, 0.717) is 6.42 Å². The predicted molar refractivity (Wildman–Crippen MR) is 83.3 cm³/mol. The molecule has 0 aliphatic rings. The summed E-state index contributed by atoms with van der Waals surface area (Å²) in [7, 11) is 0. The normalized spacial score (nSPS) is 10.7. The number of hydrogen-bond donors (Lipinski definition) is 2. The highest BCUT2D eigenvalue weighted by molar-refractivity contribution is 7.10. The zero-order chi connectivity index (χ0) is 13.9. The van der Waals surface area contributed by atoms with Crippen molar-refractivity contribution in [3.63, 3.8) is 0 Å². The fourth-order valence-electron chi connectivity index (χ4n) is 1.95. The van der Waals surface area contributed by atoms with Gasteiger partial charge in [0.05, 0.1) is 17.8 Å². The number of hydrogen-bond acceptors (Lipinski definition) is 4. The van der Waals surface area contributed by atoms with Crippen molar-refractivity contribution in [3.05, 3.63) is 44.9 Å². The molecule has 0 unspecified atom stereocenters. The number of carbonyl (C=O) groups is 1. The van der Waals surface area contributed by atoms with E-state index in [4.69, 9.17) is 0 Å². The van der Waals surface area contributed by atoms with Gasteiger partial charge in [-0.1, -0.05) is 6.07 Å². The van der Waals surface area contributed by atoms with Crippen LogP contribution in [0.5, 0.6) is 0 Å². The van der Waals surface area contributed by atoms with E-state index < -0.39 is 0 Å². The molecule has 20 heavy (non-hydrogen) atoms. The first-order valence-electron chi connectivity index (χ1n) is 6.14. The van der Waals surface area contributed by atoms with Gasteiger partial charge in [0.25, 0.3) is 0 Å². The maximum absolute atomic E-state index is 12.1. The van der Waals surface area contributed by atoms with Crippen LogP contribution >= 0.6 is 22.7 Å². The Morgan fingerprint density at radius 3 is 3.00 bits per heavy atom. The summed E-state index contributed by atoms with van der Waals surface area (Å²) in [4.78, 5) is 13.2. The van der Waals surface area contributed by atoms with Crippen LogP contribution in [0, 0.1) is 6.92 Å². The minimum absolute atomic E-state index is 0.0200. The molecule has 6 heteroatoms. The summed E-state index contributed by atoms with van der Waals surface area (Å²) < 4.78 is 0. The Kier molecular flexibility index (Phi) is 3.66. The van der Waals surface area contributed by atoms with Crippen molar-refractivity contribution in [1.82, 2.24) is 10.2 Å². The second-order valence-electron chi connectivity index (χ2n) is 4.39. The van der Waals surface area contributed by atoms with Crippen molar-refractivity contribution >= 4 is 34.3 Å². The van der Waals surface area contributed by atoms with E-state index in [2.05, 4.69) is 15.5 Å².